The number of carbonyl (C=O) groups excluding carboxylic acids is 2. The maximum atomic E-state index is 14.3. The second-order valence-electron chi connectivity index (χ2n) is 8.62. The van der Waals surface area contributed by atoms with Crippen LogP contribution in [0.1, 0.15) is 55.7 Å². The summed E-state index contributed by atoms with van der Waals surface area (Å²) < 4.78 is 20.1. The number of nitrogens with one attached hydrogen (secondary N) is 1. The summed E-state index contributed by atoms with van der Waals surface area (Å²) in [5.41, 5.74) is 2.40. The highest BCUT2D eigenvalue weighted by Gasteiger charge is 2.29. The summed E-state index contributed by atoms with van der Waals surface area (Å²) in [5.74, 6) is -0.349. The number of benzene rings is 2. The average Bonchev–Trinajstić information content (AvgIpc) is 2.79. The van der Waals surface area contributed by atoms with Crippen molar-refractivity contribution in [2.75, 3.05) is 6.61 Å². The topological polar surface area (TPSA) is 58.6 Å². The monoisotopic (exact) mass is 440 g/mol. The Hall–Kier alpha value is -2.89. The van der Waals surface area contributed by atoms with E-state index in [0.717, 1.165) is 36.8 Å². The molecule has 5 nitrogen and oxygen atoms in total. The van der Waals surface area contributed by atoms with E-state index in [-0.39, 0.29) is 31.0 Å². The van der Waals surface area contributed by atoms with Gasteiger partial charge in [-0.05, 0) is 56.9 Å². The van der Waals surface area contributed by atoms with Crippen LogP contribution < -0.4 is 10.1 Å². The molecule has 0 unspecified atom stereocenters. The molecule has 6 heteroatoms. The summed E-state index contributed by atoms with van der Waals surface area (Å²) >= 11 is 0. The van der Waals surface area contributed by atoms with E-state index in [0.29, 0.717) is 11.3 Å². The molecule has 0 spiro atoms. The van der Waals surface area contributed by atoms with Crippen molar-refractivity contribution in [3.63, 3.8) is 0 Å². The summed E-state index contributed by atoms with van der Waals surface area (Å²) in [7, 11) is 0. The van der Waals surface area contributed by atoms with E-state index < -0.39 is 11.9 Å². The van der Waals surface area contributed by atoms with E-state index >= 15 is 0 Å². The van der Waals surface area contributed by atoms with Crippen molar-refractivity contribution in [3.05, 3.63) is 65.0 Å². The fourth-order valence-corrected chi connectivity index (χ4v) is 4.06. The largest absolute Gasteiger partial charge is 0.483 e. The van der Waals surface area contributed by atoms with E-state index in [9.17, 15) is 14.0 Å². The van der Waals surface area contributed by atoms with E-state index in [1.54, 1.807) is 25.1 Å². The first-order valence-electron chi connectivity index (χ1n) is 11.4. The lowest BCUT2D eigenvalue weighted by molar-refractivity contribution is -0.142. The van der Waals surface area contributed by atoms with Gasteiger partial charge in [-0.3, -0.25) is 9.59 Å². The quantitative estimate of drug-likeness (QED) is 0.648. The predicted octanol–water partition coefficient (Wildman–Crippen LogP) is 4.69. The van der Waals surface area contributed by atoms with Crippen LogP contribution in [0.4, 0.5) is 4.39 Å². The van der Waals surface area contributed by atoms with Gasteiger partial charge >= 0.3 is 0 Å². The fraction of sp³-hybridized carbons (Fsp3) is 0.462. The van der Waals surface area contributed by atoms with Crippen LogP contribution in [0.3, 0.4) is 0 Å². The van der Waals surface area contributed by atoms with Crippen LogP contribution in [0.25, 0.3) is 0 Å². The SMILES string of the molecule is Cc1cccc(OCC(=O)N(Cc2ccccc2F)[C@@H](C)C(=O)NC2CCCCC2)c1C. The Morgan fingerprint density at radius 3 is 2.53 bits per heavy atom. The lowest BCUT2D eigenvalue weighted by atomic mass is 9.95. The first-order valence-corrected chi connectivity index (χ1v) is 11.4. The third kappa shape index (κ3) is 6.09. The summed E-state index contributed by atoms with van der Waals surface area (Å²) in [6, 6.07) is 11.4. The van der Waals surface area contributed by atoms with Crippen molar-refractivity contribution < 1.29 is 18.7 Å². The number of hydrogen-bond donors (Lipinski definition) is 1. The van der Waals surface area contributed by atoms with E-state index in [4.69, 9.17) is 4.74 Å². The Bertz CT molecular complexity index is 940. The Morgan fingerprint density at radius 2 is 1.81 bits per heavy atom. The molecular weight excluding hydrogens is 407 g/mol. The summed E-state index contributed by atoms with van der Waals surface area (Å²) in [6.45, 7) is 5.38. The molecule has 1 fully saturated rings. The molecule has 3 rings (SSSR count). The third-order valence-corrected chi connectivity index (χ3v) is 6.32. The minimum absolute atomic E-state index is 0.000912. The van der Waals surface area contributed by atoms with Crippen LogP contribution in [0.5, 0.6) is 5.75 Å². The molecule has 1 N–H and O–H groups in total. The molecular formula is C26H33FN2O3. The van der Waals surface area contributed by atoms with Gasteiger partial charge in [0.2, 0.25) is 5.91 Å². The first-order chi connectivity index (χ1) is 15.4. The normalized spacial score (nSPS) is 15.1. The predicted molar refractivity (Wildman–Crippen MR) is 123 cm³/mol. The molecule has 172 valence electrons. The van der Waals surface area contributed by atoms with E-state index in [2.05, 4.69) is 5.32 Å². The molecule has 0 radical (unpaired) electrons. The van der Waals surface area contributed by atoms with Crippen LogP contribution in [0, 0.1) is 19.7 Å². The van der Waals surface area contributed by atoms with Gasteiger partial charge in [0.05, 0.1) is 0 Å². The van der Waals surface area contributed by atoms with Crippen molar-refractivity contribution in [2.45, 2.75) is 71.5 Å². The van der Waals surface area contributed by atoms with Crippen LogP contribution in [0.15, 0.2) is 42.5 Å². The van der Waals surface area contributed by atoms with E-state index in [1.807, 2.05) is 32.0 Å². The van der Waals surface area contributed by atoms with Crippen molar-refractivity contribution in [3.8, 4) is 5.75 Å². The Morgan fingerprint density at radius 1 is 1.09 bits per heavy atom. The van der Waals surface area contributed by atoms with Crippen LogP contribution >= 0.6 is 0 Å². The Labute approximate surface area is 190 Å². The number of nitrogens with zero attached hydrogens (tertiary/aromatic N) is 1. The fourth-order valence-electron chi connectivity index (χ4n) is 4.06. The van der Waals surface area contributed by atoms with Crippen molar-refractivity contribution >= 4 is 11.8 Å². The molecule has 0 saturated heterocycles. The van der Waals surface area contributed by atoms with Gasteiger partial charge in [0.1, 0.15) is 17.6 Å². The Kier molecular flexibility index (Phi) is 8.26. The number of rotatable bonds is 8. The van der Waals surface area contributed by atoms with Crippen molar-refractivity contribution in [2.24, 2.45) is 0 Å². The van der Waals surface area contributed by atoms with Gasteiger partial charge < -0.3 is 15.0 Å². The van der Waals surface area contributed by atoms with Gasteiger partial charge in [0.25, 0.3) is 5.91 Å². The van der Waals surface area contributed by atoms with Crippen molar-refractivity contribution in [1.29, 1.82) is 0 Å². The molecule has 2 aromatic rings. The number of aryl methyl sites for hydroxylation is 1. The molecule has 1 atom stereocenters. The number of amides is 2. The summed E-state index contributed by atoms with van der Waals surface area (Å²) in [4.78, 5) is 27.5. The second-order valence-corrected chi connectivity index (χ2v) is 8.62. The number of halogens is 1. The zero-order valence-electron chi connectivity index (χ0n) is 19.2. The molecule has 1 aliphatic rings. The maximum absolute atomic E-state index is 14.3. The van der Waals surface area contributed by atoms with Crippen LogP contribution in [0.2, 0.25) is 0 Å². The smallest absolute Gasteiger partial charge is 0.261 e. The van der Waals surface area contributed by atoms with E-state index in [1.165, 1.54) is 17.4 Å². The average molecular weight is 441 g/mol. The second kappa shape index (κ2) is 11.1. The zero-order chi connectivity index (χ0) is 23.1. The van der Waals surface area contributed by atoms with Gasteiger partial charge in [-0.25, -0.2) is 4.39 Å². The van der Waals surface area contributed by atoms with Gasteiger partial charge in [-0.2, -0.15) is 0 Å². The molecule has 0 aromatic heterocycles. The highest BCUT2D eigenvalue weighted by atomic mass is 19.1. The Balaban J connectivity index is 1.74. The standard InChI is InChI=1S/C26H33FN2O3/c1-18-10-9-15-24(19(18)2)32-17-25(30)29(16-21-11-7-8-14-23(21)27)20(3)26(31)28-22-12-5-4-6-13-22/h7-11,14-15,20,22H,4-6,12-13,16-17H2,1-3H3,(H,28,31)/t20-/m0/s1. The van der Waals surface area contributed by atoms with Crippen LogP contribution in [-0.4, -0.2) is 35.4 Å². The molecule has 2 aromatic carbocycles. The number of carbonyl (C=O) groups is 2. The summed E-state index contributed by atoms with van der Waals surface area (Å²) in [5, 5.41) is 3.08. The molecule has 1 saturated carbocycles. The molecule has 0 bridgehead atoms. The number of hydrogen-bond acceptors (Lipinski definition) is 3. The third-order valence-electron chi connectivity index (χ3n) is 6.32. The lowest BCUT2D eigenvalue weighted by Gasteiger charge is -2.31. The molecule has 2 amide bonds. The zero-order valence-corrected chi connectivity index (χ0v) is 19.2. The maximum Gasteiger partial charge on any atom is 0.261 e. The highest BCUT2D eigenvalue weighted by molar-refractivity contribution is 5.88. The van der Waals surface area contributed by atoms with Gasteiger partial charge in [-0.15, -0.1) is 0 Å². The van der Waals surface area contributed by atoms with Crippen LogP contribution in [-0.2, 0) is 16.1 Å². The lowest BCUT2D eigenvalue weighted by Crippen LogP contribution is -2.51. The number of ether oxygens (including phenoxy) is 1. The van der Waals surface area contributed by atoms with Gasteiger partial charge in [-0.1, -0.05) is 49.6 Å². The van der Waals surface area contributed by atoms with Gasteiger partial charge in [0.15, 0.2) is 6.61 Å². The molecule has 1 aliphatic carbocycles. The van der Waals surface area contributed by atoms with Crippen molar-refractivity contribution in [1.82, 2.24) is 10.2 Å². The minimum atomic E-state index is -0.744. The summed E-state index contributed by atoms with van der Waals surface area (Å²) in [6.07, 6.45) is 5.29. The van der Waals surface area contributed by atoms with Gasteiger partial charge in [0, 0.05) is 18.2 Å². The molecule has 0 aliphatic heterocycles. The molecule has 32 heavy (non-hydrogen) atoms. The highest BCUT2D eigenvalue weighted by Crippen LogP contribution is 2.22. The first kappa shape index (κ1) is 23.8. The molecule has 0 heterocycles. The minimum Gasteiger partial charge on any atom is -0.483 e.